The molecular formula is C25H19ClO6. The van der Waals surface area contributed by atoms with Gasteiger partial charge in [0.1, 0.15) is 28.6 Å². The van der Waals surface area contributed by atoms with Crippen LogP contribution in [0.4, 0.5) is 0 Å². The Bertz CT molecular complexity index is 1350. The predicted molar refractivity (Wildman–Crippen MR) is 122 cm³/mol. The summed E-state index contributed by atoms with van der Waals surface area (Å²) in [4.78, 5) is 25.8. The van der Waals surface area contributed by atoms with E-state index in [0.717, 1.165) is 0 Å². The lowest BCUT2D eigenvalue weighted by atomic mass is 10.0. The molecule has 1 heterocycles. The van der Waals surface area contributed by atoms with Gasteiger partial charge in [-0.3, -0.25) is 4.79 Å². The Hall–Kier alpha value is -3.77. The predicted octanol–water partition coefficient (Wildman–Crippen LogP) is 5.66. The van der Waals surface area contributed by atoms with Gasteiger partial charge in [-0.15, -0.1) is 0 Å². The van der Waals surface area contributed by atoms with E-state index in [2.05, 4.69) is 0 Å². The third-order valence-corrected chi connectivity index (χ3v) is 5.22. The Balaban J connectivity index is 1.69. The Morgan fingerprint density at radius 3 is 2.16 bits per heavy atom. The summed E-state index contributed by atoms with van der Waals surface area (Å²) < 4.78 is 21.8. The van der Waals surface area contributed by atoms with Crippen molar-refractivity contribution in [1.82, 2.24) is 0 Å². The third kappa shape index (κ3) is 4.18. The highest BCUT2D eigenvalue weighted by Crippen LogP contribution is 2.28. The number of fused-ring (bicyclic) bond motifs is 1. The van der Waals surface area contributed by atoms with Gasteiger partial charge >= 0.3 is 5.97 Å². The van der Waals surface area contributed by atoms with Crippen LogP contribution in [-0.4, -0.2) is 20.2 Å². The number of methoxy groups -OCH3 is 2. The van der Waals surface area contributed by atoms with E-state index in [1.54, 1.807) is 61.5 Å². The summed E-state index contributed by atoms with van der Waals surface area (Å²) in [6.07, 6.45) is 0. The van der Waals surface area contributed by atoms with Crippen LogP contribution in [0.5, 0.6) is 17.2 Å². The van der Waals surface area contributed by atoms with Crippen molar-refractivity contribution in [3.8, 4) is 28.4 Å². The normalized spacial score (nSPS) is 10.8. The highest BCUT2D eigenvalue weighted by Gasteiger charge is 2.16. The van der Waals surface area contributed by atoms with Gasteiger partial charge in [-0.05, 0) is 48.9 Å². The molecule has 7 heteroatoms. The smallest absolute Gasteiger partial charge is 0.343 e. The molecular weight excluding hydrogens is 432 g/mol. The fourth-order valence-electron chi connectivity index (χ4n) is 3.39. The molecule has 0 radical (unpaired) electrons. The fourth-order valence-corrected chi connectivity index (χ4v) is 3.52. The van der Waals surface area contributed by atoms with Crippen molar-refractivity contribution < 1.29 is 23.4 Å². The molecule has 32 heavy (non-hydrogen) atoms. The van der Waals surface area contributed by atoms with E-state index in [9.17, 15) is 9.59 Å². The van der Waals surface area contributed by atoms with Gasteiger partial charge < -0.3 is 18.6 Å². The summed E-state index contributed by atoms with van der Waals surface area (Å²) in [5, 5.41) is 0.958. The quantitative estimate of drug-likeness (QED) is 0.288. The van der Waals surface area contributed by atoms with Crippen molar-refractivity contribution in [3.63, 3.8) is 0 Å². The molecule has 0 aliphatic rings. The SMILES string of the molecule is COc1cc(OC)cc(C(=O)Oc2ccc3c(=O)c(-c4ccc(Cl)cc4)c(C)oc3c2)c1. The molecule has 0 aliphatic heterocycles. The second-order valence-corrected chi connectivity index (χ2v) is 7.45. The van der Waals surface area contributed by atoms with E-state index in [1.165, 1.54) is 20.3 Å². The number of esters is 1. The van der Waals surface area contributed by atoms with Gasteiger partial charge in [-0.2, -0.15) is 0 Å². The zero-order valence-corrected chi connectivity index (χ0v) is 18.4. The Kier molecular flexibility index (Phi) is 5.88. The number of aryl methyl sites for hydroxylation is 1. The summed E-state index contributed by atoms with van der Waals surface area (Å²) in [7, 11) is 2.99. The number of hydrogen-bond acceptors (Lipinski definition) is 6. The topological polar surface area (TPSA) is 75.0 Å². The van der Waals surface area contributed by atoms with Crippen molar-refractivity contribution in [1.29, 1.82) is 0 Å². The first-order valence-corrected chi connectivity index (χ1v) is 10.1. The minimum absolute atomic E-state index is 0.179. The van der Waals surface area contributed by atoms with E-state index in [1.807, 2.05) is 0 Å². The first kappa shape index (κ1) is 21.5. The number of rotatable bonds is 5. The lowest BCUT2D eigenvalue weighted by Gasteiger charge is -2.10. The van der Waals surface area contributed by atoms with Gasteiger partial charge in [0.25, 0.3) is 0 Å². The molecule has 162 valence electrons. The molecule has 0 saturated heterocycles. The molecule has 3 aromatic carbocycles. The Labute approximate surface area is 188 Å². The first-order chi connectivity index (χ1) is 15.4. The molecule has 0 spiro atoms. The first-order valence-electron chi connectivity index (χ1n) is 9.68. The van der Waals surface area contributed by atoms with E-state index >= 15 is 0 Å². The summed E-state index contributed by atoms with van der Waals surface area (Å²) in [5.74, 6) is 1.02. The summed E-state index contributed by atoms with van der Waals surface area (Å²) in [5.41, 5.74) is 1.57. The second kappa shape index (κ2) is 8.77. The Morgan fingerprint density at radius 1 is 0.875 bits per heavy atom. The van der Waals surface area contributed by atoms with Gasteiger partial charge in [-0.1, -0.05) is 23.7 Å². The highest BCUT2D eigenvalue weighted by molar-refractivity contribution is 6.30. The van der Waals surface area contributed by atoms with Gasteiger partial charge in [0.2, 0.25) is 5.43 Å². The number of halogens is 1. The largest absolute Gasteiger partial charge is 0.497 e. The number of hydrogen-bond donors (Lipinski definition) is 0. The van der Waals surface area contributed by atoms with Crippen molar-refractivity contribution in [2.24, 2.45) is 0 Å². The molecule has 1 aromatic heterocycles. The van der Waals surface area contributed by atoms with Crippen molar-refractivity contribution in [3.05, 3.63) is 87.2 Å². The average Bonchev–Trinajstić information content (AvgIpc) is 2.79. The molecule has 0 bridgehead atoms. The van der Waals surface area contributed by atoms with Crippen LogP contribution in [0.25, 0.3) is 22.1 Å². The molecule has 0 fully saturated rings. The third-order valence-electron chi connectivity index (χ3n) is 4.97. The zero-order valence-electron chi connectivity index (χ0n) is 17.6. The van der Waals surface area contributed by atoms with Crippen LogP contribution in [-0.2, 0) is 0 Å². The second-order valence-electron chi connectivity index (χ2n) is 7.02. The van der Waals surface area contributed by atoms with Gasteiger partial charge in [0, 0.05) is 17.2 Å². The van der Waals surface area contributed by atoms with Crippen LogP contribution in [0.1, 0.15) is 16.1 Å². The average molecular weight is 451 g/mol. The van der Waals surface area contributed by atoms with E-state index in [4.69, 9.17) is 30.2 Å². The van der Waals surface area contributed by atoms with Crippen molar-refractivity contribution >= 4 is 28.5 Å². The number of ether oxygens (including phenoxy) is 3. The van der Waals surface area contributed by atoms with Crippen LogP contribution in [0.3, 0.4) is 0 Å². The fraction of sp³-hybridized carbons (Fsp3) is 0.120. The molecule has 4 rings (SSSR count). The number of benzene rings is 3. The van der Waals surface area contributed by atoms with Gasteiger partial charge in [-0.25, -0.2) is 4.79 Å². The summed E-state index contributed by atoms with van der Waals surface area (Å²) in [6, 6.07) is 16.4. The molecule has 4 aromatic rings. The molecule has 0 aliphatic carbocycles. The highest BCUT2D eigenvalue weighted by atomic mass is 35.5. The van der Waals surface area contributed by atoms with Crippen LogP contribution in [0, 0.1) is 6.92 Å². The minimum atomic E-state index is -0.599. The molecule has 0 atom stereocenters. The van der Waals surface area contributed by atoms with Crippen LogP contribution in [0.15, 0.2) is 69.9 Å². The van der Waals surface area contributed by atoms with Gasteiger partial charge in [0.05, 0.1) is 30.7 Å². The van der Waals surface area contributed by atoms with Crippen molar-refractivity contribution in [2.75, 3.05) is 14.2 Å². The lowest BCUT2D eigenvalue weighted by Crippen LogP contribution is -2.10. The van der Waals surface area contributed by atoms with E-state index in [0.29, 0.717) is 44.4 Å². The van der Waals surface area contributed by atoms with E-state index in [-0.39, 0.29) is 16.7 Å². The van der Waals surface area contributed by atoms with Crippen LogP contribution >= 0.6 is 11.6 Å². The summed E-state index contributed by atoms with van der Waals surface area (Å²) in [6.45, 7) is 1.71. The summed E-state index contributed by atoms with van der Waals surface area (Å²) >= 11 is 5.95. The number of carbonyl (C=O) groups excluding carboxylic acids is 1. The molecule has 0 N–H and O–H groups in total. The van der Waals surface area contributed by atoms with E-state index < -0.39 is 5.97 Å². The standard InChI is InChI=1S/C25H19ClO6/c1-14-23(15-4-6-17(26)7-5-15)24(27)21-9-8-18(13-22(21)31-14)32-25(28)16-10-19(29-2)12-20(11-16)30-3/h4-13H,1-3H3. The zero-order chi connectivity index (χ0) is 22.8. The lowest BCUT2D eigenvalue weighted by molar-refractivity contribution is 0.0734. The maximum atomic E-state index is 13.1. The van der Waals surface area contributed by atoms with Gasteiger partial charge in [0.15, 0.2) is 0 Å². The minimum Gasteiger partial charge on any atom is -0.497 e. The number of carbonyl (C=O) groups is 1. The van der Waals surface area contributed by atoms with Crippen molar-refractivity contribution in [2.45, 2.75) is 6.92 Å². The maximum absolute atomic E-state index is 13.1. The molecule has 6 nitrogen and oxygen atoms in total. The maximum Gasteiger partial charge on any atom is 0.343 e. The van der Waals surface area contributed by atoms with Crippen LogP contribution < -0.4 is 19.6 Å². The monoisotopic (exact) mass is 450 g/mol. The molecule has 0 unspecified atom stereocenters. The Morgan fingerprint density at radius 2 is 1.53 bits per heavy atom. The molecule has 0 saturated carbocycles. The van der Waals surface area contributed by atoms with Crippen LogP contribution in [0.2, 0.25) is 5.02 Å². The molecule has 0 amide bonds.